The summed E-state index contributed by atoms with van der Waals surface area (Å²) in [5.74, 6) is 1.76. The van der Waals surface area contributed by atoms with Gasteiger partial charge in [0, 0.05) is 24.6 Å². The zero-order chi connectivity index (χ0) is 30.6. The summed E-state index contributed by atoms with van der Waals surface area (Å²) in [6.07, 6.45) is 18.3. The minimum absolute atomic E-state index is 0.00974. The highest BCUT2D eigenvalue weighted by Gasteiger charge is 2.73. The van der Waals surface area contributed by atoms with Crippen molar-refractivity contribution >= 4 is 11.9 Å². The minimum atomic E-state index is -1.01. The number of Topliss-reactive ketones (excluding diaryl/α,β-unsaturated/α-hetero) is 1. The first-order valence-electron chi connectivity index (χ1n) is 17.7. The highest BCUT2D eigenvalue weighted by atomic mass is 16.8. The summed E-state index contributed by atoms with van der Waals surface area (Å²) in [5.41, 5.74) is 0.308. The van der Waals surface area contributed by atoms with Crippen molar-refractivity contribution in [3.8, 4) is 11.5 Å². The fourth-order valence-electron chi connectivity index (χ4n) is 8.65. The minimum Gasteiger partial charge on any atom is -0.477 e. The van der Waals surface area contributed by atoms with Crippen molar-refractivity contribution in [3.63, 3.8) is 0 Å². The van der Waals surface area contributed by atoms with E-state index in [0.29, 0.717) is 37.4 Å². The normalized spacial score (nSPS) is 28.4. The first kappa shape index (κ1) is 31.7. The second kappa shape index (κ2) is 14.0. The van der Waals surface area contributed by atoms with Gasteiger partial charge in [0.25, 0.3) is 0 Å². The van der Waals surface area contributed by atoms with Crippen LogP contribution in [0.3, 0.4) is 0 Å². The fourth-order valence-corrected chi connectivity index (χ4v) is 8.65. The number of ether oxygens (including phenoxy) is 4. The molecule has 1 unspecified atom stereocenters. The van der Waals surface area contributed by atoms with Crippen molar-refractivity contribution in [2.45, 2.75) is 146 Å². The Morgan fingerprint density at radius 1 is 0.977 bits per heavy atom. The Bertz CT molecular complexity index is 1170. The van der Waals surface area contributed by atoms with Crippen LogP contribution in [0.1, 0.15) is 127 Å². The summed E-state index contributed by atoms with van der Waals surface area (Å²) >= 11 is 0. The lowest BCUT2D eigenvalue weighted by atomic mass is 9.49. The fraction of sp³-hybridized carbons (Fsp3) is 0.778. The molecule has 2 bridgehead atoms. The summed E-state index contributed by atoms with van der Waals surface area (Å²) in [6.45, 7) is 4.17. The van der Waals surface area contributed by atoms with E-state index < -0.39 is 23.3 Å². The van der Waals surface area contributed by atoms with E-state index in [-0.39, 0.29) is 18.6 Å². The van der Waals surface area contributed by atoms with Gasteiger partial charge in [0.15, 0.2) is 23.4 Å². The molecule has 1 aromatic carbocycles. The molecule has 1 saturated heterocycles. The molecule has 8 nitrogen and oxygen atoms in total. The number of aliphatic hydroxyl groups is 1. The van der Waals surface area contributed by atoms with Gasteiger partial charge in [0.2, 0.25) is 6.79 Å². The van der Waals surface area contributed by atoms with E-state index in [1.807, 2.05) is 12.1 Å². The van der Waals surface area contributed by atoms with Crippen LogP contribution in [0.4, 0.5) is 4.79 Å². The van der Waals surface area contributed by atoms with Crippen LogP contribution in [0.2, 0.25) is 0 Å². The lowest BCUT2D eigenvalue weighted by Gasteiger charge is -2.62. The highest BCUT2D eigenvalue weighted by molar-refractivity contribution is 5.90. The van der Waals surface area contributed by atoms with Crippen molar-refractivity contribution < 1.29 is 33.6 Å². The number of carbonyl (C=O) groups is 2. The highest BCUT2D eigenvalue weighted by Crippen LogP contribution is 2.65. The van der Waals surface area contributed by atoms with Gasteiger partial charge in [-0.3, -0.25) is 9.69 Å². The number of ketones is 1. The van der Waals surface area contributed by atoms with Gasteiger partial charge in [-0.25, -0.2) is 4.79 Å². The van der Waals surface area contributed by atoms with Crippen LogP contribution in [0.25, 0.3) is 0 Å². The number of likely N-dealkylation sites (tertiary alicyclic amines) is 1. The molecule has 5 aliphatic rings. The summed E-state index contributed by atoms with van der Waals surface area (Å²) in [5, 5.41) is 12.4. The Kier molecular flexibility index (Phi) is 10.1. The number of carbonyl (C=O) groups excluding carboxylic acids is 2. The van der Waals surface area contributed by atoms with Gasteiger partial charge in [-0.15, -0.1) is 0 Å². The van der Waals surface area contributed by atoms with E-state index in [2.05, 4.69) is 11.8 Å². The average molecular weight is 612 g/mol. The number of unbranched alkanes of at least 4 members (excludes halogenated alkanes) is 11. The SMILES string of the molecule is CCCCCCCCCCCCCCOC(=O)OCOc1ccc2c3c1O[C@H]1C(=O)CC[C@@]4(O)C(C2)N(CC2CC2)CC[C@]314. The van der Waals surface area contributed by atoms with Crippen LogP contribution in [0.15, 0.2) is 12.1 Å². The Hall–Kier alpha value is -2.32. The van der Waals surface area contributed by atoms with Crippen LogP contribution < -0.4 is 9.47 Å². The molecular weight excluding hydrogens is 558 g/mol. The Labute approximate surface area is 263 Å². The number of benzene rings is 1. The second-order valence-corrected chi connectivity index (χ2v) is 14.1. The molecule has 1 N–H and O–H groups in total. The Morgan fingerprint density at radius 2 is 1.68 bits per heavy atom. The van der Waals surface area contributed by atoms with E-state index in [1.165, 1.54) is 70.6 Å². The molecule has 2 heterocycles. The van der Waals surface area contributed by atoms with Gasteiger partial charge < -0.3 is 24.1 Å². The number of hydrogen-bond donors (Lipinski definition) is 1. The van der Waals surface area contributed by atoms with Crippen LogP contribution in [0.5, 0.6) is 11.5 Å². The van der Waals surface area contributed by atoms with Crippen molar-refractivity contribution in [3.05, 3.63) is 23.3 Å². The quantitative estimate of drug-likeness (QED) is 0.108. The lowest BCUT2D eigenvalue weighted by molar-refractivity contribution is -0.188. The molecule has 6 rings (SSSR count). The maximum atomic E-state index is 13.2. The van der Waals surface area contributed by atoms with Crippen molar-refractivity contribution in [2.75, 3.05) is 26.5 Å². The molecule has 3 aliphatic carbocycles. The van der Waals surface area contributed by atoms with Gasteiger partial charge in [0.1, 0.15) is 0 Å². The van der Waals surface area contributed by atoms with Crippen molar-refractivity contribution in [2.24, 2.45) is 5.92 Å². The second-order valence-electron chi connectivity index (χ2n) is 14.1. The molecule has 44 heavy (non-hydrogen) atoms. The molecule has 3 fully saturated rings. The van der Waals surface area contributed by atoms with Gasteiger partial charge in [-0.05, 0) is 62.6 Å². The molecule has 0 aromatic heterocycles. The van der Waals surface area contributed by atoms with Gasteiger partial charge in [0.05, 0.1) is 17.6 Å². The standard InChI is InChI=1S/C36H53NO7/c1-2-3-4-5-6-7-8-9-10-11-12-13-22-41-34(39)43-25-42-29-17-16-27-23-30-36(40)19-18-28(38)33-35(36,31(27)32(29)44-33)20-21-37(30)24-26-14-15-26/h16-17,26,30,33,40H,2-15,18-25H2,1H3/t30?,33-,35-,36+/m0/s1. The van der Waals surface area contributed by atoms with Crippen LogP contribution >= 0.6 is 0 Å². The summed E-state index contributed by atoms with van der Waals surface area (Å²) < 4.78 is 22.8. The maximum absolute atomic E-state index is 13.2. The van der Waals surface area contributed by atoms with Gasteiger partial charge >= 0.3 is 6.16 Å². The molecule has 1 spiro atoms. The molecule has 244 valence electrons. The molecule has 2 aliphatic heterocycles. The van der Waals surface area contributed by atoms with Crippen LogP contribution in [0, 0.1) is 5.92 Å². The molecule has 2 saturated carbocycles. The topological polar surface area (TPSA) is 94.5 Å². The molecule has 0 amide bonds. The molecular formula is C36H53NO7. The lowest BCUT2D eigenvalue weighted by Crippen LogP contribution is -2.76. The average Bonchev–Trinajstić information content (AvgIpc) is 3.76. The van der Waals surface area contributed by atoms with E-state index >= 15 is 0 Å². The number of piperidine rings is 1. The molecule has 0 radical (unpaired) electrons. The third-order valence-corrected chi connectivity index (χ3v) is 11.2. The largest absolute Gasteiger partial charge is 0.511 e. The smallest absolute Gasteiger partial charge is 0.477 e. The van der Waals surface area contributed by atoms with E-state index in [1.54, 1.807) is 0 Å². The number of hydrogen-bond acceptors (Lipinski definition) is 8. The van der Waals surface area contributed by atoms with E-state index in [4.69, 9.17) is 18.9 Å². The number of nitrogens with zero attached hydrogens (tertiary/aromatic N) is 1. The molecule has 4 atom stereocenters. The predicted molar refractivity (Wildman–Crippen MR) is 167 cm³/mol. The predicted octanol–water partition coefficient (Wildman–Crippen LogP) is 7.01. The van der Waals surface area contributed by atoms with Gasteiger partial charge in [-0.1, -0.05) is 83.6 Å². The molecule has 8 heteroatoms. The van der Waals surface area contributed by atoms with E-state index in [9.17, 15) is 14.7 Å². The first-order valence-corrected chi connectivity index (χ1v) is 17.7. The third-order valence-electron chi connectivity index (χ3n) is 11.2. The van der Waals surface area contributed by atoms with Crippen LogP contribution in [-0.4, -0.2) is 66.2 Å². The Balaban J connectivity index is 0.955. The molecule has 1 aromatic rings. The first-order chi connectivity index (χ1) is 21.5. The van der Waals surface area contributed by atoms with E-state index in [0.717, 1.165) is 55.8 Å². The van der Waals surface area contributed by atoms with Crippen LogP contribution in [-0.2, 0) is 26.1 Å². The summed E-state index contributed by atoms with van der Waals surface area (Å²) in [6, 6.07) is 3.88. The monoisotopic (exact) mass is 611 g/mol. The summed E-state index contributed by atoms with van der Waals surface area (Å²) in [7, 11) is 0. The number of rotatable bonds is 18. The summed E-state index contributed by atoms with van der Waals surface area (Å²) in [4.78, 5) is 27.9. The van der Waals surface area contributed by atoms with Crippen molar-refractivity contribution in [1.29, 1.82) is 0 Å². The van der Waals surface area contributed by atoms with Gasteiger partial charge in [-0.2, -0.15) is 0 Å². The zero-order valence-electron chi connectivity index (χ0n) is 26.8. The Morgan fingerprint density at radius 3 is 2.39 bits per heavy atom. The zero-order valence-corrected chi connectivity index (χ0v) is 26.8. The third kappa shape index (κ3) is 6.22. The maximum Gasteiger partial charge on any atom is 0.511 e. The van der Waals surface area contributed by atoms with Crippen molar-refractivity contribution in [1.82, 2.24) is 4.90 Å².